The van der Waals surface area contributed by atoms with E-state index in [1.165, 1.54) is 0 Å². The second kappa shape index (κ2) is 7.52. The lowest BCUT2D eigenvalue weighted by molar-refractivity contribution is 0.0781. The van der Waals surface area contributed by atoms with Gasteiger partial charge < -0.3 is 10.6 Å². The summed E-state index contributed by atoms with van der Waals surface area (Å²) in [4.78, 5) is 30.4. The molecule has 1 amide bonds. The molecule has 7 nitrogen and oxygen atoms in total. The van der Waals surface area contributed by atoms with Crippen molar-refractivity contribution in [2.24, 2.45) is 0 Å². The molecule has 0 spiro atoms. The van der Waals surface area contributed by atoms with Crippen LogP contribution in [0.5, 0.6) is 0 Å². The zero-order valence-electron chi connectivity index (χ0n) is 16.2. The minimum absolute atomic E-state index is 0.0674. The minimum atomic E-state index is 0.0674. The molecule has 1 aromatic carbocycles. The van der Waals surface area contributed by atoms with E-state index in [0.717, 1.165) is 35.1 Å². The highest BCUT2D eigenvalue weighted by Gasteiger charge is 2.30. The number of carbonyl (C=O) groups is 1. The van der Waals surface area contributed by atoms with Gasteiger partial charge in [-0.2, -0.15) is 0 Å². The van der Waals surface area contributed by atoms with Crippen LogP contribution in [0, 0.1) is 6.92 Å². The Morgan fingerprint density at radius 3 is 2.93 bits per heavy atom. The number of carbonyl (C=O) groups excluding carboxylic acids is 1. The number of benzene rings is 1. The average Bonchev–Trinajstić information content (AvgIpc) is 3.17. The molecule has 28 heavy (non-hydrogen) atoms. The number of amides is 1. The van der Waals surface area contributed by atoms with E-state index in [4.69, 9.17) is 5.73 Å². The lowest BCUT2D eigenvalue weighted by atomic mass is 10.1. The SMILES string of the molecule is Cc1cc(C(=O)N2CC[C@@H](N(C)Cc3nccc(N)n3)C2)c2ccccc2n1. The molecule has 1 fully saturated rings. The highest BCUT2D eigenvalue weighted by Crippen LogP contribution is 2.23. The number of nitrogens with zero attached hydrogens (tertiary/aromatic N) is 5. The summed E-state index contributed by atoms with van der Waals surface area (Å²) in [6.45, 7) is 3.96. The van der Waals surface area contributed by atoms with Gasteiger partial charge in [-0.3, -0.25) is 14.7 Å². The molecule has 0 radical (unpaired) electrons. The number of hydrogen-bond donors (Lipinski definition) is 1. The van der Waals surface area contributed by atoms with Crippen molar-refractivity contribution in [2.45, 2.75) is 25.9 Å². The van der Waals surface area contributed by atoms with Crippen LogP contribution in [0.4, 0.5) is 5.82 Å². The van der Waals surface area contributed by atoms with Crippen LogP contribution in [-0.4, -0.2) is 56.8 Å². The first-order valence-electron chi connectivity index (χ1n) is 9.44. The molecule has 144 valence electrons. The van der Waals surface area contributed by atoms with E-state index in [9.17, 15) is 4.79 Å². The average molecular weight is 376 g/mol. The van der Waals surface area contributed by atoms with Crippen molar-refractivity contribution < 1.29 is 4.79 Å². The summed E-state index contributed by atoms with van der Waals surface area (Å²) in [5.74, 6) is 1.24. The molecule has 0 saturated carbocycles. The molecule has 2 aromatic heterocycles. The number of anilines is 1. The Morgan fingerprint density at radius 2 is 2.11 bits per heavy atom. The number of aromatic nitrogens is 3. The largest absolute Gasteiger partial charge is 0.384 e. The number of fused-ring (bicyclic) bond motifs is 1. The van der Waals surface area contributed by atoms with Gasteiger partial charge in [0.2, 0.25) is 0 Å². The van der Waals surface area contributed by atoms with Crippen molar-refractivity contribution >= 4 is 22.6 Å². The van der Waals surface area contributed by atoms with E-state index < -0.39 is 0 Å². The van der Waals surface area contributed by atoms with Crippen LogP contribution in [0.3, 0.4) is 0 Å². The summed E-state index contributed by atoms with van der Waals surface area (Å²) >= 11 is 0. The Bertz CT molecular complexity index is 1020. The summed E-state index contributed by atoms with van der Waals surface area (Å²) in [5.41, 5.74) is 8.19. The van der Waals surface area contributed by atoms with Gasteiger partial charge in [0.15, 0.2) is 0 Å². The molecule has 7 heteroatoms. The standard InChI is InChI=1S/C21H24N6O/c1-14-11-17(16-5-3-4-6-18(16)24-14)21(28)27-10-8-15(12-27)26(2)13-20-23-9-7-19(22)25-20/h3-7,9,11,15H,8,10,12-13H2,1-2H3,(H2,22,23,25)/t15-/m1/s1. The first-order chi connectivity index (χ1) is 13.5. The lowest BCUT2D eigenvalue weighted by Gasteiger charge is -2.24. The molecule has 0 bridgehead atoms. The van der Waals surface area contributed by atoms with Gasteiger partial charge in [-0.1, -0.05) is 18.2 Å². The maximum Gasteiger partial charge on any atom is 0.254 e. The highest BCUT2D eigenvalue weighted by atomic mass is 16.2. The maximum absolute atomic E-state index is 13.2. The fourth-order valence-electron chi connectivity index (χ4n) is 3.78. The zero-order chi connectivity index (χ0) is 19.7. The lowest BCUT2D eigenvalue weighted by Crippen LogP contribution is -2.36. The fourth-order valence-corrected chi connectivity index (χ4v) is 3.78. The van der Waals surface area contributed by atoms with Crippen LogP contribution in [0.25, 0.3) is 10.9 Å². The van der Waals surface area contributed by atoms with E-state index in [0.29, 0.717) is 24.7 Å². The van der Waals surface area contributed by atoms with Gasteiger partial charge in [-0.05, 0) is 38.6 Å². The van der Waals surface area contributed by atoms with Gasteiger partial charge in [0.25, 0.3) is 5.91 Å². The van der Waals surface area contributed by atoms with Crippen molar-refractivity contribution in [3.8, 4) is 0 Å². The Kier molecular flexibility index (Phi) is 4.92. The van der Waals surface area contributed by atoms with Gasteiger partial charge in [0.05, 0.1) is 17.6 Å². The first kappa shape index (κ1) is 18.3. The molecule has 0 aliphatic carbocycles. The molecule has 1 aliphatic heterocycles. The Morgan fingerprint density at radius 1 is 1.29 bits per heavy atom. The number of hydrogen-bond acceptors (Lipinski definition) is 6. The third kappa shape index (κ3) is 3.66. The Labute approximate surface area is 164 Å². The molecule has 2 N–H and O–H groups in total. The van der Waals surface area contributed by atoms with Crippen molar-refractivity contribution in [1.82, 2.24) is 24.8 Å². The second-order valence-electron chi connectivity index (χ2n) is 7.33. The van der Waals surface area contributed by atoms with E-state index in [2.05, 4.69) is 19.9 Å². The Balaban J connectivity index is 1.49. The quantitative estimate of drug-likeness (QED) is 0.751. The summed E-state index contributed by atoms with van der Waals surface area (Å²) in [5, 5.41) is 0.906. The molecular weight excluding hydrogens is 352 g/mol. The van der Waals surface area contributed by atoms with Gasteiger partial charge >= 0.3 is 0 Å². The third-order valence-corrected chi connectivity index (χ3v) is 5.27. The third-order valence-electron chi connectivity index (χ3n) is 5.27. The maximum atomic E-state index is 13.2. The normalized spacial score (nSPS) is 16.8. The van der Waals surface area contributed by atoms with E-state index >= 15 is 0 Å². The molecule has 3 heterocycles. The van der Waals surface area contributed by atoms with Crippen LogP contribution in [0.2, 0.25) is 0 Å². The number of nitrogens with two attached hydrogens (primary N) is 1. The summed E-state index contributed by atoms with van der Waals surface area (Å²) < 4.78 is 0. The number of likely N-dealkylation sites (tertiary alicyclic amines) is 1. The molecule has 4 rings (SSSR count). The number of para-hydroxylation sites is 1. The smallest absolute Gasteiger partial charge is 0.254 e. The van der Waals surface area contributed by atoms with Crippen LogP contribution < -0.4 is 5.73 Å². The van der Waals surface area contributed by atoms with Gasteiger partial charge in [-0.25, -0.2) is 9.97 Å². The van der Waals surface area contributed by atoms with Gasteiger partial charge in [-0.15, -0.1) is 0 Å². The van der Waals surface area contributed by atoms with Crippen molar-refractivity contribution in [1.29, 1.82) is 0 Å². The van der Waals surface area contributed by atoms with Crippen molar-refractivity contribution in [2.75, 3.05) is 25.9 Å². The summed E-state index contributed by atoms with van der Waals surface area (Å²) in [6.07, 6.45) is 2.60. The molecule has 1 saturated heterocycles. The minimum Gasteiger partial charge on any atom is -0.384 e. The first-order valence-corrected chi connectivity index (χ1v) is 9.44. The number of nitrogen functional groups attached to an aromatic ring is 1. The number of aryl methyl sites for hydroxylation is 1. The monoisotopic (exact) mass is 376 g/mol. The molecular formula is C21H24N6O. The summed E-state index contributed by atoms with van der Waals surface area (Å²) in [6, 6.07) is 11.6. The van der Waals surface area contributed by atoms with Crippen molar-refractivity contribution in [3.63, 3.8) is 0 Å². The van der Waals surface area contributed by atoms with Crippen LogP contribution in [0.1, 0.15) is 28.3 Å². The predicted octanol–water partition coefficient (Wildman–Crippen LogP) is 2.26. The number of rotatable bonds is 4. The zero-order valence-corrected chi connectivity index (χ0v) is 16.2. The van der Waals surface area contributed by atoms with E-state index in [1.807, 2.05) is 49.2 Å². The van der Waals surface area contributed by atoms with Crippen LogP contribution in [-0.2, 0) is 6.54 Å². The van der Waals surface area contributed by atoms with E-state index in [-0.39, 0.29) is 11.9 Å². The van der Waals surface area contributed by atoms with E-state index in [1.54, 1.807) is 12.3 Å². The molecule has 1 aliphatic rings. The highest BCUT2D eigenvalue weighted by molar-refractivity contribution is 6.06. The number of likely N-dealkylation sites (N-methyl/N-ethyl adjacent to an activating group) is 1. The van der Waals surface area contributed by atoms with Crippen LogP contribution in [0.15, 0.2) is 42.6 Å². The van der Waals surface area contributed by atoms with Gasteiger partial charge in [0, 0.05) is 36.4 Å². The predicted molar refractivity (Wildman–Crippen MR) is 109 cm³/mol. The fraction of sp³-hybridized carbons (Fsp3) is 0.333. The topological polar surface area (TPSA) is 88.2 Å². The van der Waals surface area contributed by atoms with Crippen molar-refractivity contribution in [3.05, 3.63) is 59.7 Å². The molecule has 3 aromatic rings. The number of pyridine rings is 1. The Hall–Kier alpha value is -3.06. The molecule has 1 atom stereocenters. The van der Waals surface area contributed by atoms with Gasteiger partial charge in [0.1, 0.15) is 11.6 Å². The second-order valence-corrected chi connectivity index (χ2v) is 7.33. The molecule has 0 unspecified atom stereocenters. The van der Waals surface area contributed by atoms with Crippen LogP contribution >= 0.6 is 0 Å². The summed E-state index contributed by atoms with van der Waals surface area (Å²) in [7, 11) is 2.04.